The summed E-state index contributed by atoms with van der Waals surface area (Å²) < 4.78 is 0. The predicted octanol–water partition coefficient (Wildman–Crippen LogP) is 2.14. The Balaban J connectivity index is 1.89. The van der Waals surface area contributed by atoms with Gasteiger partial charge in [-0.25, -0.2) is 0 Å². The van der Waals surface area contributed by atoms with Crippen LogP contribution in [0.3, 0.4) is 0 Å². The van der Waals surface area contributed by atoms with Gasteiger partial charge in [0.1, 0.15) is 0 Å². The highest BCUT2D eigenvalue weighted by Crippen LogP contribution is 2.38. The molecule has 2 aliphatic carbocycles. The molecule has 2 N–H and O–H groups in total. The monoisotopic (exact) mass is 322 g/mol. The molecule has 2 aromatic carbocycles. The zero-order valence-electron chi connectivity index (χ0n) is 12.7. The van der Waals surface area contributed by atoms with Gasteiger partial charge in [-0.2, -0.15) is 0 Å². The maximum atomic E-state index is 12.7. The highest BCUT2D eigenvalue weighted by atomic mass is 16.4. The fourth-order valence-corrected chi connectivity index (χ4v) is 3.64. The van der Waals surface area contributed by atoms with Crippen LogP contribution in [-0.4, -0.2) is 27.7 Å². The first-order valence-corrected chi connectivity index (χ1v) is 7.75. The van der Waals surface area contributed by atoms with Crippen LogP contribution in [-0.2, 0) is 11.2 Å². The number of aliphatic carboxylic acids is 1. The number of aliphatic hydroxyl groups is 1. The van der Waals surface area contributed by atoms with Gasteiger partial charge in [0.05, 0.1) is 12.0 Å². The number of carboxylic acid groups (broad SMARTS) is 1. The number of ketones is 2. The summed E-state index contributed by atoms with van der Waals surface area (Å²) in [5.41, 5.74) is 2.47. The van der Waals surface area contributed by atoms with Gasteiger partial charge in [0.25, 0.3) is 0 Å². The van der Waals surface area contributed by atoms with Crippen molar-refractivity contribution in [1.29, 1.82) is 0 Å². The largest absolute Gasteiger partial charge is 0.481 e. The van der Waals surface area contributed by atoms with E-state index in [1.54, 1.807) is 30.3 Å². The summed E-state index contributed by atoms with van der Waals surface area (Å²) in [6.45, 7) is 0. The quantitative estimate of drug-likeness (QED) is 0.716. The molecule has 4 rings (SSSR count). The lowest BCUT2D eigenvalue weighted by molar-refractivity contribution is -0.146. The first-order valence-electron chi connectivity index (χ1n) is 7.75. The molecule has 2 unspecified atom stereocenters. The molecule has 0 aliphatic heterocycles. The van der Waals surface area contributed by atoms with Crippen LogP contribution in [0.15, 0.2) is 36.4 Å². The lowest BCUT2D eigenvalue weighted by atomic mass is 9.76. The van der Waals surface area contributed by atoms with Gasteiger partial charge in [0.2, 0.25) is 0 Å². The van der Waals surface area contributed by atoms with Crippen molar-refractivity contribution in [3.8, 4) is 0 Å². The van der Waals surface area contributed by atoms with E-state index in [-0.39, 0.29) is 17.1 Å². The molecule has 0 radical (unpaired) electrons. The molecular formula is C19H14O5. The molecule has 0 fully saturated rings. The zero-order chi connectivity index (χ0) is 17.0. The van der Waals surface area contributed by atoms with Crippen molar-refractivity contribution in [2.24, 2.45) is 5.92 Å². The number of aliphatic hydroxyl groups excluding tert-OH is 1. The minimum atomic E-state index is -1.17. The summed E-state index contributed by atoms with van der Waals surface area (Å²) in [6, 6.07) is 9.79. The van der Waals surface area contributed by atoms with Gasteiger partial charge in [-0.05, 0) is 36.1 Å². The summed E-state index contributed by atoms with van der Waals surface area (Å²) in [5.74, 6) is -2.43. The van der Waals surface area contributed by atoms with Crippen LogP contribution in [0, 0.1) is 5.92 Å². The fraction of sp³-hybridized carbons (Fsp3) is 0.211. The number of hydrogen-bond donors (Lipinski definition) is 2. The molecule has 0 saturated heterocycles. The smallest absolute Gasteiger partial charge is 0.309 e. The second kappa shape index (κ2) is 5.11. The van der Waals surface area contributed by atoms with Crippen molar-refractivity contribution in [2.75, 3.05) is 0 Å². The normalized spacial score (nSPS) is 21.7. The van der Waals surface area contributed by atoms with Gasteiger partial charge in [0.15, 0.2) is 11.6 Å². The molecule has 2 aliphatic rings. The molecule has 120 valence electrons. The number of hydrogen-bond acceptors (Lipinski definition) is 4. The van der Waals surface area contributed by atoms with E-state index in [4.69, 9.17) is 0 Å². The summed E-state index contributed by atoms with van der Waals surface area (Å²) in [7, 11) is 0. The molecule has 0 bridgehead atoms. The summed E-state index contributed by atoms with van der Waals surface area (Å²) in [5, 5.41) is 19.6. The number of carbonyl (C=O) groups is 3. The Kier molecular flexibility index (Phi) is 3.15. The molecule has 5 nitrogen and oxygen atoms in total. The number of fused-ring (bicyclic) bond motifs is 3. The maximum absolute atomic E-state index is 12.7. The number of carboxylic acids is 1. The molecule has 0 saturated carbocycles. The van der Waals surface area contributed by atoms with E-state index in [9.17, 15) is 24.6 Å². The number of carbonyl (C=O) groups excluding carboxylic acids is 2. The van der Waals surface area contributed by atoms with Crippen molar-refractivity contribution in [3.05, 3.63) is 69.8 Å². The highest BCUT2D eigenvalue weighted by molar-refractivity contribution is 6.28. The van der Waals surface area contributed by atoms with E-state index in [0.717, 1.165) is 5.56 Å². The van der Waals surface area contributed by atoms with Crippen molar-refractivity contribution in [3.63, 3.8) is 0 Å². The van der Waals surface area contributed by atoms with Gasteiger partial charge in [0, 0.05) is 22.3 Å². The lowest BCUT2D eigenvalue weighted by Gasteiger charge is -2.29. The van der Waals surface area contributed by atoms with Crippen molar-refractivity contribution in [2.45, 2.75) is 18.9 Å². The van der Waals surface area contributed by atoms with Crippen molar-refractivity contribution in [1.82, 2.24) is 0 Å². The van der Waals surface area contributed by atoms with Gasteiger partial charge in [-0.3, -0.25) is 14.4 Å². The van der Waals surface area contributed by atoms with Crippen LogP contribution in [0.4, 0.5) is 0 Å². The number of rotatable bonds is 1. The minimum absolute atomic E-state index is 0.210. The van der Waals surface area contributed by atoms with Crippen LogP contribution >= 0.6 is 0 Å². The first kappa shape index (κ1) is 14.8. The van der Waals surface area contributed by atoms with Gasteiger partial charge in [-0.1, -0.05) is 24.3 Å². The molecule has 0 amide bonds. The third-order valence-corrected chi connectivity index (χ3v) is 4.93. The molecule has 24 heavy (non-hydrogen) atoms. The third-order valence-electron chi connectivity index (χ3n) is 4.93. The molecule has 5 heteroatoms. The maximum Gasteiger partial charge on any atom is 0.309 e. The van der Waals surface area contributed by atoms with E-state index < -0.39 is 18.0 Å². The topological polar surface area (TPSA) is 91.7 Å². The van der Waals surface area contributed by atoms with Crippen LogP contribution in [0.25, 0.3) is 0 Å². The van der Waals surface area contributed by atoms with Crippen LogP contribution < -0.4 is 0 Å². The molecule has 2 aromatic rings. The van der Waals surface area contributed by atoms with Gasteiger partial charge < -0.3 is 10.2 Å². The number of benzene rings is 2. The summed E-state index contributed by atoms with van der Waals surface area (Å²) >= 11 is 0. The Morgan fingerprint density at radius 3 is 2.12 bits per heavy atom. The van der Waals surface area contributed by atoms with Gasteiger partial charge >= 0.3 is 5.97 Å². The van der Waals surface area contributed by atoms with Gasteiger partial charge in [-0.15, -0.1) is 0 Å². The Morgan fingerprint density at radius 2 is 1.54 bits per heavy atom. The lowest BCUT2D eigenvalue weighted by Crippen LogP contribution is -2.29. The Labute approximate surface area is 137 Å². The first-order chi connectivity index (χ1) is 11.5. The molecule has 0 spiro atoms. The molecule has 2 atom stereocenters. The SMILES string of the molecule is O=C1c2ccccc2C(=O)c2cc3c(cc21)CCC(C(=O)O)C3O. The molecule has 0 heterocycles. The van der Waals surface area contributed by atoms with Crippen LogP contribution in [0.5, 0.6) is 0 Å². The second-order valence-electron chi connectivity index (χ2n) is 6.23. The standard InChI is InChI=1S/C19H14O5/c20-16-10-3-1-2-4-11(10)17(21)15-8-13-9(7-14(15)16)5-6-12(18(13)22)19(23)24/h1-4,7-8,12,18,22H,5-6H2,(H,23,24). The average molecular weight is 322 g/mol. The van der Waals surface area contributed by atoms with E-state index in [2.05, 4.69) is 0 Å². The van der Waals surface area contributed by atoms with E-state index in [0.29, 0.717) is 35.1 Å². The van der Waals surface area contributed by atoms with Crippen molar-refractivity contribution >= 4 is 17.5 Å². The zero-order valence-corrected chi connectivity index (χ0v) is 12.7. The molecular weight excluding hydrogens is 308 g/mol. The fourth-order valence-electron chi connectivity index (χ4n) is 3.64. The van der Waals surface area contributed by atoms with Crippen LogP contribution in [0.2, 0.25) is 0 Å². The Morgan fingerprint density at radius 1 is 0.958 bits per heavy atom. The minimum Gasteiger partial charge on any atom is -0.481 e. The Bertz CT molecular complexity index is 912. The van der Waals surface area contributed by atoms with E-state index in [1.165, 1.54) is 6.07 Å². The Hall–Kier alpha value is -2.79. The predicted molar refractivity (Wildman–Crippen MR) is 84.2 cm³/mol. The number of aryl methyl sites for hydroxylation is 1. The van der Waals surface area contributed by atoms with E-state index in [1.807, 2.05) is 0 Å². The highest BCUT2D eigenvalue weighted by Gasteiger charge is 2.37. The summed E-state index contributed by atoms with van der Waals surface area (Å²) in [4.78, 5) is 36.7. The van der Waals surface area contributed by atoms with Crippen LogP contribution in [0.1, 0.15) is 55.5 Å². The second-order valence-corrected chi connectivity index (χ2v) is 6.23. The average Bonchev–Trinajstić information content (AvgIpc) is 2.59. The third kappa shape index (κ3) is 1.95. The summed E-state index contributed by atoms with van der Waals surface area (Å²) in [6.07, 6.45) is -0.405. The van der Waals surface area contributed by atoms with Crippen molar-refractivity contribution < 1.29 is 24.6 Å². The molecule has 0 aromatic heterocycles. The van der Waals surface area contributed by atoms with E-state index >= 15 is 0 Å².